The van der Waals surface area contributed by atoms with E-state index in [1.54, 1.807) is 12.1 Å². The van der Waals surface area contributed by atoms with Crippen LogP contribution in [0.25, 0.3) is 0 Å². The van der Waals surface area contributed by atoms with Crippen LogP contribution in [0.4, 0.5) is 13.2 Å². The predicted octanol–water partition coefficient (Wildman–Crippen LogP) is 4.66. The molecule has 0 aliphatic carbocycles. The molecule has 0 saturated carbocycles. The van der Waals surface area contributed by atoms with Crippen LogP contribution in [0.15, 0.2) is 48.5 Å². The van der Waals surface area contributed by atoms with Crippen LogP contribution in [-0.2, 0) is 13.1 Å². The highest BCUT2D eigenvalue weighted by Gasteiger charge is 2.31. The standard InChI is InChI=1S/C18H20F3NO2/c1-2-11-23-16-9-7-14(8-10-16)12-22-13-15-5-3-4-6-17(15)24-18(19,20)21/h3-10,22H,2,11-13H2,1H3. The van der Waals surface area contributed by atoms with Crippen LogP contribution < -0.4 is 14.8 Å². The molecular weight excluding hydrogens is 319 g/mol. The van der Waals surface area contributed by atoms with Gasteiger partial charge < -0.3 is 14.8 Å². The first-order valence-electron chi connectivity index (χ1n) is 7.74. The molecule has 2 aromatic rings. The van der Waals surface area contributed by atoms with E-state index in [9.17, 15) is 13.2 Å². The molecule has 0 aliphatic rings. The van der Waals surface area contributed by atoms with Gasteiger partial charge in [0, 0.05) is 18.7 Å². The summed E-state index contributed by atoms with van der Waals surface area (Å²) in [5.41, 5.74) is 1.48. The van der Waals surface area contributed by atoms with Gasteiger partial charge in [-0.1, -0.05) is 37.3 Å². The molecule has 0 unspecified atom stereocenters. The lowest BCUT2D eigenvalue weighted by Crippen LogP contribution is -2.20. The first-order chi connectivity index (χ1) is 11.5. The number of alkyl halides is 3. The number of benzene rings is 2. The highest BCUT2D eigenvalue weighted by molar-refractivity contribution is 5.33. The number of rotatable bonds is 8. The average Bonchev–Trinajstić information content (AvgIpc) is 2.54. The molecule has 6 heteroatoms. The Hall–Kier alpha value is -2.21. The lowest BCUT2D eigenvalue weighted by Gasteiger charge is -2.13. The second-order valence-electron chi connectivity index (χ2n) is 5.25. The third kappa shape index (κ3) is 6.12. The van der Waals surface area contributed by atoms with Crippen LogP contribution in [0.5, 0.6) is 11.5 Å². The Kier molecular flexibility index (Phi) is 6.49. The van der Waals surface area contributed by atoms with E-state index in [0.29, 0.717) is 18.7 Å². The molecule has 0 radical (unpaired) electrons. The van der Waals surface area contributed by atoms with Gasteiger partial charge >= 0.3 is 6.36 Å². The predicted molar refractivity (Wildman–Crippen MR) is 85.9 cm³/mol. The van der Waals surface area contributed by atoms with E-state index in [-0.39, 0.29) is 12.3 Å². The molecule has 24 heavy (non-hydrogen) atoms. The van der Waals surface area contributed by atoms with Crippen molar-refractivity contribution < 1.29 is 22.6 Å². The summed E-state index contributed by atoms with van der Waals surface area (Å²) < 4.78 is 46.7. The Morgan fingerprint density at radius 3 is 2.33 bits per heavy atom. The van der Waals surface area contributed by atoms with Gasteiger partial charge in [-0.05, 0) is 30.2 Å². The zero-order valence-electron chi connectivity index (χ0n) is 13.4. The minimum absolute atomic E-state index is 0.180. The number of ether oxygens (including phenoxy) is 2. The second-order valence-corrected chi connectivity index (χ2v) is 5.25. The van der Waals surface area contributed by atoms with Gasteiger partial charge in [-0.15, -0.1) is 13.2 Å². The fourth-order valence-corrected chi connectivity index (χ4v) is 2.14. The molecule has 130 valence electrons. The van der Waals surface area contributed by atoms with Crippen LogP contribution in [0, 0.1) is 0 Å². The van der Waals surface area contributed by atoms with E-state index in [4.69, 9.17) is 4.74 Å². The van der Waals surface area contributed by atoms with Crippen molar-refractivity contribution in [3.8, 4) is 11.5 Å². The summed E-state index contributed by atoms with van der Waals surface area (Å²) >= 11 is 0. The molecule has 0 amide bonds. The highest BCUT2D eigenvalue weighted by Crippen LogP contribution is 2.26. The summed E-state index contributed by atoms with van der Waals surface area (Å²) in [6.07, 6.45) is -3.74. The fraction of sp³-hybridized carbons (Fsp3) is 0.333. The molecule has 2 rings (SSSR count). The fourth-order valence-electron chi connectivity index (χ4n) is 2.14. The largest absolute Gasteiger partial charge is 0.573 e. The van der Waals surface area contributed by atoms with Gasteiger partial charge in [-0.2, -0.15) is 0 Å². The van der Waals surface area contributed by atoms with Gasteiger partial charge in [0.15, 0.2) is 0 Å². The lowest BCUT2D eigenvalue weighted by atomic mass is 10.2. The number of para-hydroxylation sites is 1. The van der Waals surface area contributed by atoms with Crippen LogP contribution in [-0.4, -0.2) is 13.0 Å². The van der Waals surface area contributed by atoms with Crippen molar-refractivity contribution in [2.45, 2.75) is 32.8 Å². The summed E-state index contributed by atoms with van der Waals surface area (Å²) in [5.74, 6) is 0.630. The van der Waals surface area contributed by atoms with Crippen molar-refractivity contribution in [3.63, 3.8) is 0 Å². The van der Waals surface area contributed by atoms with Crippen LogP contribution in [0.1, 0.15) is 24.5 Å². The van der Waals surface area contributed by atoms with Gasteiger partial charge in [0.1, 0.15) is 11.5 Å². The normalized spacial score (nSPS) is 11.3. The second kappa shape index (κ2) is 8.59. The van der Waals surface area contributed by atoms with Crippen molar-refractivity contribution in [2.24, 2.45) is 0 Å². The summed E-state index contributed by atoms with van der Waals surface area (Å²) in [5, 5.41) is 3.12. The average molecular weight is 339 g/mol. The molecule has 0 aromatic heterocycles. The third-order valence-corrected chi connectivity index (χ3v) is 3.24. The summed E-state index contributed by atoms with van der Waals surface area (Å²) in [4.78, 5) is 0. The van der Waals surface area contributed by atoms with E-state index >= 15 is 0 Å². The van der Waals surface area contributed by atoms with Crippen molar-refractivity contribution in [1.29, 1.82) is 0 Å². The zero-order chi connectivity index (χ0) is 17.4. The minimum Gasteiger partial charge on any atom is -0.494 e. The topological polar surface area (TPSA) is 30.5 Å². The maximum absolute atomic E-state index is 12.4. The summed E-state index contributed by atoms with van der Waals surface area (Å²) in [6, 6.07) is 13.7. The van der Waals surface area contributed by atoms with Crippen LogP contribution in [0.3, 0.4) is 0 Å². The Bertz CT molecular complexity index is 627. The van der Waals surface area contributed by atoms with Crippen LogP contribution in [0.2, 0.25) is 0 Å². The van der Waals surface area contributed by atoms with Crippen molar-refractivity contribution in [3.05, 3.63) is 59.7 Å². The van der Waals surface area contributed by atoms with Gasteiger partial charge in [0.05, 0.1) is 6.61 Å². The molecular formula is C18H20F3NO2. The van der Waals surface area contributed by atoms with E-state index in [2.05, 4.69) is 10.1 Å². The van der Waals surface area contributed by atoms with E-state index < -0.39 is 6.36 Å². The zero-order valence-corrected chi connectivity index (χ0v) is 13.4. The van der Waals surface area contributed by atoms with Crippen LogP contribution >= 0.6 is 0 Å². The van der Waals surface area contributed by atoms with Gasteiger partial charge in [-0.25, -0.2) is 0 Å². The van der Waals surface area contributed by atoms with Crippen molar-refractivity contribution in [2.75, 3.05) is 6.61 Å². The maximum Gasteiger partial charge on any atom is 0.573 e. The number of hydrogen-bond donors (Lipinski definition) is 1. The van der Waals surface area contributed by atoms with Gasteiger partial charge in [0.2, 0.25) is 0 Å². The molecule has 0 atom stereocenters. The molecule has 2 aromatic carbocycles. The quantitative estimate of drug-likeness (QED) is 0.758. The molecule has 3 nitrogen and oxygen atoms in total. The molecule has 1 N–H and O–H groups in total. The molecule has 0 bridgehead atoms. The first-order valence-corrected chi connectivity index (χ1v) is 7.74. The summed E-state index contributed by atoms with van der Waals surface area (Å²) in [7, 11) is 0. The Morgan fingerprint density at radius 2 is 1.67 bits per heavy atom. The Labute approximate surface area is 139 Å². The Balaban J connectivity index is 1.88. The minimum atomic E-state index is -4.69. The van der Waals surface area contributed by atoms with E-state index in [1.807, 2.05) is 31.2 Å². The van der Waals surface area contributed by atoms with Crippen molar-refractivity contribution >= 4 is 0 Å². The van der Waals surface area contributed by atoms with Gasteiger partial charge in [-0.3, -0.25) is 0 Å². The SMILES string of the molecule is CCCOc1ccc(CNCc2ccccc2OC(F)(F)F)cc1. The van der Waals surface area contributed by atoms with Crippen molar-refractivity contribution in [1.82, 2.24) is 5.32 Å². The molecule has 0 saturated heterocycles. The highest BCUT2D eigenvalue weighted by atomic mass is 19.4. The molecule has 0 heterocycles. The van der Waals surface area contributed by atoms with E-state index in [0.717, 1.165) is 17.7 Å². The van der Waals surface area contributed by atoms with Gasteiger partial charge in [0.25, 0.3) is 0 Å². The number of hydrogen-bond acceptors (Lipinski definition) is 3. The number of nitrogens with one attached hydrogen (secondary N) is 1. The third-order valence-electron chi connectivity index (χ3n) is 3.24. The Morgan fingerprint density at radius 1 is 0.958 bits per heavy atom. The monoisotopic (exact) mass is 339 g/mol. The maximum atomic E-state index is 12.4. The lowest BCUT2D eigenvalue weighted by molar-refractivity contribution is -0.274. The summed E-state index contributed by atoms with van der Waals surface area (Å²) in [6.45, 7) is 3.53. The first kappa shape index (κ1) is 18.1. The smallest absolute Gasteiger partial charge is 0.494 e. The molecule has 0 spiro atoms. The van der Waals surface area contributed by atoms with E-state index in [1.165, 1.54) is 12.1 Å². The molecule has 0 aliphatic heterocycles. The molecule has 0 fully saturated rings. The number of halogens is 3.